The topological polar surface area (TPSA) is 126 Å². The fourth-order valence-electron chi connectivity index (χ4n) is 5.22. The first-order valence-corrected chi connectivity index (χ1v) is 16.5. The Hall–Kier alpha value is -3.33. The van der Waals surface area contributed by atoms with E-state index in [2.05, 4.69) is 15.5 Å². The van der Waals surface area contributed by atoms with Gasteiger partial charge in [0.1, 0.15) is 18.5 Å². The summed E-state index contributed by atoms with van der Waals surface area (Å²) in [5, 5.41) is 5.37. The summed E-state index contributed by atoms with van der Waals surface area (Å²) in [7, 11) is 0. The van der Waals surface area contributed by atoms with Crippen LogP contribution in [0.4, 0.5) is 18.9 Å². The second kappa shape index (κ2) is 17.0. The fourth-order valence-corrected chi connectivity index (χ4v) is 6.38. The molecule has 1 unspecified atom stereocenters. The molecule has 0 spiro atoms. The molecule has 0 aromatic heterocycles. The van der Waals surface area contributed by atoms with Crippen molar-refractivity contribution in [3.63, 3.8) is 0 Å². The van der Waals surface area contributed by atoms with Crippen molar-refractivity contribution in [1.82, 2.24) is 15.1 Å². The Morgan fingerprint density at radius 3 is 2.43 bits per heavy atom. The average Bonchev–Trinajstić information content (AvgIpc) is 3.53. The predicted molar refractivity (Wildman–Crippen MR) is 169 cm³/mol. The first-order chi connectivity index (χ1) is 22.0. The highest BCUT2D eigenvalue weighted by molar-refractivity contribution is 8.00. The van der Waals surface area contributed by atoms with Crippen molar-refractivity contribution in [2.75, 3.05) is 57.1 Å². The first kappa shape index (κ1) is 35.5. The zero-order valence-corrected chi connectivity index (χ0v) is 26.9. The minimum atomic E-state index is -1.30. The SMILES string of the molecule is CC(C)C(Nc1ccc(CNC(=O)[C@@H]2SCCN2C(=O)C[C@H](N)Cc2cc(F)c(F)cc2F)cc1)C(=O)OCCN1CCOCC1. The first-order valence-electron chi connectivity index (χ1n) is 15.4. The number of carbonyl (C=O) groups excluding carboxylic acids is 3. The third kappa shape index (κ3) is 10.1. The maximum atomic E-state index is 14.0. The summed E-state index contributed by atoms with van der Waals surface area (Å²) in [6.07, 6.45) is -0.346. The highest BCUT2D eigenvalue weighted by atomic mass is 32.2. The van der Waals surface area contributed by atoms with Gasteiger partial charge in [0.05, 0.1) is 13.2 Å². The lowest BCUT2D eigenvalue weighted by Crippen LogP contribution is -2.46. The number of ether oxygens (including phenoxy) is 2. The molecule has 14 heteroatoms. The number of anilines is 1. The molecule has 10 nitrogen and oxygen atoms in total. The van der Waals surface area contributed by atoms with Crippen molar-refractivity contribution >= 4 is 35.2 Å². The van der Waals surface area contributed by atoms with E-state index < -0.39 is 34.9 Å². The molecule has 4 rings (SSSR count). The van der Waals surface area contributed by atoms with Crippen molar-refractivity contribution in [2.24, 2.45) is 11.7 Å². The van der Waals surface area contributed by atoms with Crippen LogP contribution in [0.15, 0.2) is 36.4 Å². The van der Waals surface area contributed by atoms with Crippen LogP contribution in [-0.4, -0.2) is 96.8 Å². The van der Waals surface area contributed by atoms with Crippen molar-refractivity contribution in [2.45, 2.75) is 50.7 Å². The number of amides is 2. The van der Waals surface area contributed by atoms with Crippen molar-refractivity contribution in [3.05, 3.63) is 65.0 Å². The molecule has 2 amide bonds. The number of nitrogens with zero attached hydrogens (tertiary/aromatic N) is 2. The zero-order chi connectivity index (χ0) is 33.2. The molecule has 2 aliphatic rings. The van der Waals surface area contributed by atoms with Crippen LogP contribution in [0.1, 0.15) is 31.4 Å². The van der Waals surface area contributed by atoms with Gasteiger partial charge in [0, 0.05) is 62.7 Å². The van der Waals surface area contributed by atoms with Gasteiger partial charge in [-0.15, -0.1) is 11.8 Å². The number of benzene rings is 2. The van der Waals surface area contributed by atoms with Crippen LogP contribution >= 0.6 is 11.8 Å². The van der Waals surface area contributed by atoms with E-state index in [1.165, 1.54) is 16.7 Å². The molecule has 2 aromatic carbocycles. The summed E-state index contributed by atoms with van der Waals surface area (Å²) >= 11 is 1.33. The Bertz CT molecular complexity index is 1350. The third-order valence-electron chi connectivity index (χ3n) is 7.86. The van der Waals surface area contributed by atoms with Gasteiger partial charge in [-0.2, -0.15) is 0 Å². The number of morpholine rings is 1. The number of esters is 1. The highest BCUT2D eigenvalue weighted by Gasteiger charge is 2.35. The number of rotatable bonds is 14. The molecule has 2 saturated heterocycles. The second-order valence-electron chi connectivity index (χ2n) is 11.7. The fraction of sp³-hybridized carbons (Fsp3) is 0.531. The molecule has 0 bridgehead atoms. The van der Waals surface area contributed by atoms with E-state index in [0.29, 0.717) is 44.7 Å². The second-order valence-corrected chi connectivity index (χ2v) is 12.9. The summed E-state index contributed by atoms with van der Waals surface area (Å²) in [5.41, 5.74) is 7.48. The lowest BCUT2D eigenvalue weighted by atomic mass is 10.0. The summed E-state index contributed by atoms with van der Waals surface area (Å²) in [6.45, 7) is 8.47. The van der Waals surface area contributed by atoms with E-state index in [9.17, 15) is 27.6 Å². The largest absolute Gasteiger partial charge is 0.463 e. The van der Waals surface area contributed by atoms with Crippen LogP contribution in [0, 0.1) is 23.4 Å². The van der Waals surface area contributed by atoms with Gasteiger partial charge in [0.2, 0.25) is 5.91 Å². The van der Waals surface area contributed by atoms with Crippen LogP contribution < -0.4 is 16.4 Å². The molecule has 4 N–H and O–H groups in total. The molecule has 0 saturated carbocycles. The van der Waals surface area contributed by atoms with Crippen LogP contribution in [0.2, 0.25) is 0 Å². The van der Waals surface area contributed by atoms with Crippen molar-refractivity contribution < 1.29 is 37.0 Å². The van der Waals surface area contributed by atoms with Gasteiger partial charge in [-0.05, 0) is 41.7 Å². The van der Waals surface area contributed by atoms with Crippen LogP contribution in [0.25, 0.3) is 0 Å². The van der Waals surface area contributed by atoms with Gasteiger partial charge in [-0.1, -0.05) is 26.0 Å². The molecule has 46 heavy (non-hydrogen) atoms. The Kier molecular flexibility index (Phi) is 13.1. The molecule has 2 aromatic rings. The van der Waals surface area contributed by atoms with Gasteiger partial charge in [-0.25, -0.2) is 18.0 Å². The maximum absolute atomic E-state index is 14.0. The number of thioether (sulfide) groups is 1. The smallest absolute Gasteiger partial charge is 0.328 e. The molecule has 2 fully saturated rings. The summed E-state index contributed by atoms with van der Waals surface area (Å²) in [4.78, 5) is 42.4. The van der Waals surface area contributed by atoms with E-state index in [1.807, 2.05) is 38.1 Å². The van der Waals surface area contributed by atoms with Gasteiger partial charge in [0.25, 0.3) is 5.91 Å². The van der Waals surface area contributed by atoms with Gasteiger partial charge in [-0.3, -0.25) is 14.5 Å². The molecular weight excluding hydrogens is 623 g/mol. The number of hydrogen-bond acceptors (Lipinski definition) is 9. The van der Waals surface area contributed by atoms with Gasteiger partial charge < -0.3 is 30.7 Å². The minimum absolute atomic E-state index is 0.00829. The molecule has 0 aliphatic carbocycles. The van der Waals surface area contributed by atoms with E-state index in [0.717, 1.165) is 30.4 Å². The standard InChI is InChI=1S/C32H42F3N5O5S/c1-20(2)29(32(43)45-13-9-39-7-11-44-12-8-39)38-24-5-3-21(4-6-24)19-37-30(42)31-40(10-14-46-31)28(41)17-23(36)15-22-16-26(34)27(35)18-25(22)33/h3-6,16,18,20,23,29,31,38H,7-15,17,19,36H2,1-2H3,(H,37,42)/t23-,29?,31+/m1/s1. The molecule has 0 radical (unpaired) electrons. The Balaban J connectivity index is 1.23. The van der Waals surface area contributed by atoms with Crippen LogP contribution in [-0.2, 0) is 36.8 Å². The quantitative estimate of drug-likeness (QED) is 0.206. The summed E-state index contributed by atoms with van der Waals surface area (Å²) in [6, 6.07) is 7.16. The number of nitrogens with one attached hydrogen (secondary N) is 2. The Labute approximate surface area is 271 Å². The van der Waals surface area contributed by atoms with Crippen molar-refractivity contribution in [3.8, 4) is 0 Å². The summed E-state index contributed by atoms with van der Waals surface area (Å²) < 4.78 is 51.7. The lowest BCUT2D eigenvalue weighted by molar-refractivity contribution is -0.146. The highest BCUT2D eigenvalue weighted by Crippen LogP contribution is 2.26. The summed E-state index contributed by atoms with van der Waals surface area (Å²) in [5.74, 6) is -3.90. The third-order valence-corrected chi connectivity index (χ3v) is 9.07. The van der Waals surface area contributed by atoms with Gasteiger partial charge >= 0.3 is 5.97 Å². The van der Waals surface area contributed by atoms with E-state index in [4.69, 9.17) is 15.2 Å². The Morgan fingerprint density at radius 2 is 1.74 bits per heavy atom. The van der Waals surface area contributed by atoms with E-state index >= 15 is 0 Å². The molecule has 3 atom stereocenters. The number of nitrogens with two attached hydrogens (primary N) is 1. The molecule has 2 aliphatic heterocycles. The Morgan fingerprint density at radius 1 is 1.04 bits per heavy atom. The van der Waals surface area contributed by atoms with E-state index in [1.54, 1.807) is 0 Å². The zero-order valence-electron chi connectivity index (χ0n) is 26.1. The number of hydrogen-bond donors (Lipinski definition) is 3. The molecule has 2 heterocycles. The van der Waals surface area contributed by atoms with E-state index in [-0.39, 0.29) is 48.7 Å². The predicted octanol–water partition coefficient (Wildman–Crippen LogP) is 2.89. The average molecular weight is 666 g/mol. The van der Waals surface area contributed by atoms with Crippen LogP contribution in [0.3, 0.4) is 0 Å². The molecule has 252 valence electrons. The number of halogens is 3. The molecular formula is C32H42F3N5O5S. The van der Waals surface area contributed by atoms with Crippen LogP contribution in [0.5, 0.6) is 0 Å². The van der Waals surface area contributed by atoms with Gasteiger partial charge in [0.15, 0.2) is 17.0 Å². The maximum Gasteiger partial charge on any atom is 0.328 e. The monoisotopic (exact) mass is 665 g/mol. The normalized spacial score (nSPS) is 18.3. The van der Waals surface area contributed by atoms with Crippen molar-refractivity contribution in [1.29, 1.82) is 0 Å². The minimum Gasteiger partial charge on any atom is -0.463 e. The number of carbonyl (C=O) groups is 3. The lowest BCUT2D eigenvalue weighted by Gasteiger charge is -2.27.